The number of hydrogen-bond acceptors (Lipinski definition) is 4. The second-order valence-corrected chi connectivity index (χ2v) is 5.31. The van der Waals surface area contributed by atoms with Crippen molar-refractivity contribution in [2.24, 2.45) is 0 Å². The molecule has 2 aromatic rings. The van der Waals surface area contributed by atoms with Gasteiger partial charge in [-0.1, -0.05) is 19.1 Å². The average Bonchev–Trinajstić information content (AvgIpc) is 2.89. The van der Waals surface area contributed by atoms with E-state index in [9.17, 15) is 0 Å². The molecule has 1 heterocycles. The van der Waals surface area contributed by atoms with Crippen molar-refractivity contribution in [1.82, 2.24) is 10.3 Å². The van der Waals surface area contributed by atoms with Crippen LogP contribution in [0.25, 0.3) is 0 Å². The minimum Gasteiger partial charge on any atom is -0.487 e. The second kappa shape index (κ2) is 6.68. The van der Waals surface area contributed by atoms with Crippen molar-refractivity contribution in [2.45, 2.75) is 33.4 Å². The Morgan fingerprint density at radius 1 is 1.42 bits per heavy atom. The Hall–Kier alpha value is -1.39. The summed E-state index contributed by atoms with van der Waals surface area (Å²) in [7, 11) is 0. The van der Waals surface area contributed by atoms with Crippen molar-refractivity contribution >= 4 is 11.3 Å². The molecule has 1 atom stereocenters. The first-order valence-corrected chi connectivity index (χ1v) is 7.48. The van der Waals surface area contributed by atoms with E-state index in [4.69, 9.17) is 4.74 Å². The first kappa shape index (κ1) is 14.0. The van der Waals surface area contributed by atoms with Crippen LogP contribution in [0.15, 0.2) is 29.1 Å². The van der Waals surface area contributed by atoms with E-state index in [1.54, 1.807) is 11.3 Å². The molecular formula is C15H20N2OS. The van der Waals surface area contributed by atoms with E-state index in [1.807, 2.05) is 10.9 Å². The van der Waals surface area contributed by atoms with Gasteiger partial charge in [-0.3, -0.25) is 0 Å². The standard InChI is InChI=1S/C15H20N2OS/c1-4-16-12(3)14-6-5-11(2)7-15(14)18-8-13-9-19-10-17-13/h5-7,9-10,12,16H,4,8H2,1-3H3. The molecule has 1 aromatic carbocycles. The maximum absolute atomic E-state index is 5.93. The summed E-state index contributed by atoms with van der Waals surface area (Å²) >= 11 is 1.59. The van der Waals surface area contributed by atoms with Crippen molar-refractivity contribution in [2.75, 3.05) is 6.54 Å². The number of ether oxygens (including phenoxy) is 1. The number of aromatic nitrogens is 1. The molecule has 0 bridgehead atoms. The highest BCUT2D eigenvalue weighted by atomic mass is 32.1. The summed E-state index contributed by atoms with van der Waals surface area (Å²) in [6, 6.07) is 6.64. The lowest BCUT2D eigenvalue weighted by Crippen LogP contribution is -2.18. The maximum atomic E-state index is 5.93. The lowest BCUT2D eigenvalue weighted by Gasteiger charge is -2.18. The number of aryl methyl sites for hydroxylation is 1. The second-order valence-electron chi connectivity index (χ2n) is 4.59. The van der Waals surface area contributed by atoms with E-state index in [2.05, 4.69) is 49.3 Å². The Kier molecular flexibility index (Phi) is 4.93. The summed E-state index contributed by atoms with van der Waals surface area (Å²) in [4.78, 5) is 4.24. The molecule has 0 radical (unpaired) electrons. The van der Waals surface area contributed by atoms with Crippen LogP contribution in [0, 0.1) is 6.92 Å². The molecule has 102 valence electrons. The van der Waals surface area contributed by atoms with Gasteiger partial charge in [0.1, 0.15) is 12.4 Å². The molecular weight excluding hydrogens is 256 g/mol. The van der Waals surface area contributed by atoms with E-state index < -0.39 is 0 Å². The zero-order chi connectivity index (χ0) is 13.7. The minimum atomic E-state index is 0.288. The van der Waals surface area contributed by atoms with Gasteiger partial charge in [0.15, 0.2) is 0 Å². The smallest absolute Gasteiger partial charge is 0.131 e. The molecule has 0 amide bonds. The van der Waals surface area contributed by atoms with Gasteiger partial charge in [-0.2, -0.15) is 0 Å². The normalized spacial score (nSPS) is 12.4. The van der Waals surface area contributed by atoms with Crippen LogP contribution in [0.2, 0.25) is 0 Å². The van der Waals surface area contributed by atoms with Gasteiger partial charge in [0.2, 0.25) is 0 Å². The number of thiazole rings is 1. The summed E-state index contributed by atoms with van der Waals surface area (Å²) in [5.41, 5.74) is 5.22. The minimum absolute atomic E-state index is 0.288. The molecule has 1 N–H and O–H groups in total. The van der Waals surface area contributed by atoms with E-state index in [-0.39, 0.29) is 6.04 Å². The molecule has 1 aromatic heterocycles. The zero-order valence-electron chi connectivity index (χ0n) is 11.6. The maximum Gasteiger partial charge on any atom is 0.131 e. The topological polar surface area (TPSA) is 34.1 Å². The third-order valence-electron chi connectivity index (χ3n) is 3.00. The monoisotopic (exact) mass is 276 g/mol. The fourth-order valence-electron chi connectivity index (χ4n) is 2.00. The van der Waals surface area contributed by atoms with E-state index >= 15 is 0 Å². The van der Waals surface area contributed by atoms with Crippen LogP contribution in [0.4, 0.5) is 0 Å². The lowest BCUT2D eigenvalue weighted by atomic mass is 10.0. The van der Waals surface area contributed by atoms with Gasteiger partial charge >= 0.3 is 0 Å². The van der Waals surface area contributed by atoms with Gasteiger partial charge in [0.05, 0.1) is 11.2 Å². The summed E-state index contributed by atoms with van der Waals surface area (Å²) < 4.78 is 5.93. The number of nitrogens with one attached hydrogen (secondary N) is 1. The van der Waals surface area contributed by atoms with Gasteiger partial charge in [-0.05, 0) is 32.0 Å². The molecule has 1 unspecified atom stereocenters. The molecule has 0 fully saturated rings. The SMILES string of the molecule is CCNC(C)c1ccc(C)cc1OCc1cscn1. The van der Waals surface area contributed by atoms with E-state index in [1.165, 1.54) is 11.1 Å². The van der Waals surface area contributed by atoms with Gasteiger partial charge in [-0.15, -0.1) is 11.3 Å². The van der Waals surface area contributed by atoms with E-state index in [0.29, 0.717) is 6.61 Å². The molecule has 0 saturated carbocycles. The summed E-state index contributed by atoms with van der Waals surface area (Å²) in [5.74, 6) is 0.946. The fraction of sp³-hybridized carbons (Fsp3) is 0.400. The Morgan fingerprint density at radius 3 is 2.95 bits per heavy atom. The summed E-state index contributed by atoms with van der Waals surface area (Å²) in [5, 5.41) is 5.44. The van der Waals surface area contributed by atoms with Crippen LogP contribution in [-0.4, -0.2) is 11.5 Å². The van der Waals surface area contributed by atoms with Crippen molar-refractivity contribution < 1.29 is 4.74 Å². The van der Waals surface area contributed by atoms with Crippen LogP contribution in [0.5, 0.6) is 5.75 Å². The third-order valence-corrected chi connectivity index (χ3v) is 3.64. The number of hydrogen-bond donors (Lipinski definition) is 1. The highest BCUT2D eigenvalue weighted by Crippen LogP contribution is 2.27. The quantitative estimate of drug-likeness (QED) is 0.873. The molecule has 2 rings (SSSR count). The molecule has 19 heavy (non-hydrogen) atoms. The first-order valence-electron chi connectivity index (χ1n) is 6.54. The van der Waals surface area contributed by atoms with Crippen molar-refractivity contribution in [3.05, 3.63) is 45.9 Å². The molecule has 0 spiro atoms. The zero-order valence-corrected chi connectivity index (χ0v) is 12.5. The molecule has 4 heteroatoms. The Bertz CT molecular complexity index is 511. The molecule has 0 aliphatic heterocycles. The molecule has 0 aliphatic rings. The predicted octanol–water partition coefficient (Wildman–Crippen LogP) is 3.70. The number of rotatable bonds is 6. The van der Waals surface area contributed by atoms with Crippen molar-refractivity contribution in [3.8, 4) is 5.75 Å². The Morgan fingerprint density at radius 2 is 2.26 bits per heavy atom. The van der Waals surface area contributed by atoms with Crippen molar-refractivity contribution in [1.29, 1.82) is 0 Å². The number of nitrogens with zero attached hydrogens (tertiary/aromatic N) is 1. The summed E-state index contributed by atoms with van der Waals surface area (Å²) in [6.07, 6.45) is 0. The van der Waals surface area contributed by atoms with Crippen LogP contribution >= 0.6 is 11.3 Å². The third kappa shape index (κ3) is 3.78. The predicted molar refractivity (Wildman–Crippen MR) is 79.7 cm³/mol. The Balaban J connectivity index is 2.14. The number of benzene rings is 1. The van der Waals surface area contributed by atoms with Crippen LogP contribution in [-0.2, 0) is 6.61 Å². The van der Waals surface area contributed by atoms with Gasteiger partial charge in [0, 0.05) is 17.0 Å². The Labute approximate surface area is 118 Å². The van der Waals surface area contributed by atoms with Crippen LogP contribution in [0.1, 0.15) is 36.7 Å². The first-order chi connectivity index (χ1) is 9.20. The summed E-state index contributed by atoms with van der Waals surface area (Å²) in [6.45, 7) is 7.82. The van der Waals surface area contributed by atoms with Gasteiger partial charge in [0.25, 0.3) is 0 Å². The van der Waals surface area contributed by atoms with Gasteiger partial charge < -0.3 is 10.1 Å². The highest BCUT2D eigenvalue weighted by molar-refractivity contribution is 7.07. The van der Waals surface area contributed by atoms with Gasteiger partial charge in [-0.25, -0.2) is 4.98 Å². The molecule has 3 nitrogen and oxygen atoms in total. The largest absolute Gasteiger partial charge is 0.487 e. The lowest BCUT2D eigenvalue weighted by molar-refractivity contribution is 0.296. The van der Waals surface area contributed by atoms with Crippen LogP contribution in [0.3, 0.4) is 0 Å². The highest BCUT2D eigenvalue weighted by Gasteiger charge is 2.11. The molecule has 0 saturated heterocycles. The average molecular weight is 276 g/mol. The molecule has 0 aliphatic carbocycles. The van der Waals surface area contributed by atoms with Crippen LogP contribution < -0.4 is 10.1 Å². The fourth-order valence-corrected chi connectivity index (χ4v) is 2.54. The van der Waals surface area contributed by atoms with E-state index in [0.717, 1.165) is 18.0 Å². The van der Waals surface area contributed by atoms with Crippen molar-refractivity contribution in [3.63, 3.8) is 0 Å².